The summed E-state index contributed by atoms with van der Waals surface area (Å²) in [6.07, 6.45) is 0.364. The number of rotatable bonds is 11. The van der Waals surface area contributed by atoms with Crippen molar-refractivity contribution < 1.29 is 29.3 Å². The standard InChI is InChI=1S/C22H22O3S.C19H13ClO3S/c1-22(2,24)14-17-13-19(26-21(17)15-8-5-4-6-9-15)20(23)16-10-7-11-18(12-16)25-3;20-15-8-4-7-13(9-15)18(23)16-10-14(11-17(21)22)19(24-16)12-5-2-1-3-6-12/h4-13,24H,14H2,1-3H3;1-10H,11H2,(H,21,22). The van der Waals surface area contributed by atoms with Gasteiger partial charge in [0, 0.05) is 32.3 Å². The number of carbonyl (C=O) groups is 3. The molecule has 9 heteroatoms. The molecule has 6 rings (SSSR count). The van der Waals surface area contributed by atoms with E-state index in [0.29, 0.717) is 43.6 Å². The second-order valence-electron chi connectivity index (χ2n) is 12.1. The van der Waals surface area contributed by atoms with Gasteiger partial charge in [0.25, 0.3) is 0 Å². The van der Waals surface area contributed by atoms with Crippen LogP contribution in [0.2, 0.25) is 5.02 Å². The number of ketones is 2. The van der Waals surface area contributed by atoms with Crippen molar-refractivity contribution >= 4 is 51.8 Å². The highest BCUT2D eigenvalue weighted by atomic mass is 35.5. The zero-order chi connectivity index (χ0) is 35.8. The Kier molecular flexibility index (Phi) is 11.8. The molecule has 0 bridgehead atoms. The second-order valence-corrected chi connectivity index (χ2v) is 14.7. The first-order chi connectivity index (χ1) is 23.9. The molecule has 2 aromatic heterocycles. The lowest BCUT2D eigenvalue weighted by molar-refractivity contribution is -0.136. The van der Waals surface area contributed by atoms with E-state index in [-0.39, 0.29) is 18.0 Å². The fraction of sp³-hybridized carbons (Fsp3) is 0.146. The molecular weight excluding hydrogens is 688 g/mol. The lowest BCUT2D eigenvalue weighted by Crippen LogP contribution is -2.21. The van der Waals surface area contributed by atoms with E-state index in [1.807, 2.05) is 78.9 Å². The van der Waals surface area contributed by atoms with E-state index in [0.717, 1.165) is 26.4 Å². The van der Waals surface area contributed by atoms with Crippen molar-refractivity contribution in [3.8, 4) is 26.6 Å². The fourth-order valence-corrected chi connectivity index (χ4v) is 7.80. The van der Waals surface area contributed by atoms with Crippen LogP contribution in [0.1, 0.15) is 55.4 Å². The van der Waals surface area contributed by atoms with Crippen LogP contribution in [0, 0.1) is 0 Å². The predicted octanol–water partition coefficient (Wildman–Crippen LogP) is 9.89. The van der Waals surface area contributed by atoms with E-state index in [1.165, 1.54) is 22.7 Å². The number of aliphatic carboxylic acids is 1. The molecule has 50 heavy (non-hydrogen) atoms. The minimum atomic E-state index is -0.924. The number of thiophene rings is 2. The lowest BCUT2D eigenvalue weighted by Gasteiger charge is -2.17. The highest BCUT2D eigenvalue weighted by Gasteiger charge is 2.23. The summed E-state index contributed by atoms with van der Waals surface area (Å²) in [7, 11) is 1.59. The molecule has 254 valence electrons. The van der Waals surface area contributed by atoms with Crippen LogP contribution < -0.4 is 4.74 Å². The first kappa shape index (κ1) is 36.4. The third-order valence-corrected chi connectivity index (χ3v) is 10.2. The molecule has 0 aliphatic carbocycles. The summed E-state index contributed by atoms with van der Waals surface area (Å²) in [5, 5.41) is 19.9. The number of aliphatic hydroxyl groups is 1. The molecule has 0 aliphatic heterocycles. The number of halogens is 1. The van der Waals surface area contributed by atoms with Crippen molar-refractivity contribution in [1.82, 2.24) is 0 Å². The summed E-state index contributed by atoms with van der Waals surface area (Å²) in [4.78, 5) is 39.8. The van der Waals surface area contributed by atoms with Crippen LogP contribution in [-0.2, 0) is 17.6 Å². The normalized spacial score (nSPS) is 11.0. The summed E-state index contributed by atoms with van der Waals surface area (Å²) in [5.41, 5.74) is 3.83. The number of benzene rings is 4. The number of carbonyl (C=O) groups excluding carboxylic acids is 2. The van der Waals surface area contributed by atoms with Crippen LogP contribution in [0.15, 0.2) is 121 Å². The Hall–Kier alpha value is -4.86. The minimum Gasteiger partial charge on any atom is -0.497 e. The highest BCUT2D eigenvalue weighted by molar-refractivity contribution is 7.18. The van der Waals surface area contributed by atoms with E-state index < -0.39 is 11.6 Å². The van der Waals surface area contributed by atoms with Gasteiger partial charge in [0.1, 0.15) is 5.75 Å². The topological polar surface area (TPSA) is 101 Å². The molecular formula is C41H35ClO6S2. The molecule has 6 nitrogen and oxygen atoms in total. The Morgan fingerprint density at radius 3 is 1.68 bits per heavy atom. The van der Waals surface area contributed by atoms with Crippen LogP contribution in [0.25, 0.3) is 20.9 Å². The Balaban J connectivity index is 0.000000195. The van der Waals surface area contributed by atoms with Gasteiger partial charge in [0.05, 0.1) is 28.9 Å². The molecule has 0 radical (unpaired) electrons. The summed E-state index contributed by atoms with van der Waals surface area (Å²) in [5.74, 6) is -0.455. The van der Waals surface area contributed by atoms with Crippen molar-refractivity contribution in [3.05, 3.63) is 158 Å². The van der Waals surface area contributed by atoms with Gasteiger partial charge in [0.15, 0.2) is 0 Å². The number of hydrogen-bond acceptors (Lipinski definition) is 7. The van der Waals surface area contributed by atoms with Crippen LogP contribution >= 0.6 is 34.3 Å². The summed E-state index contributed by atoms with van der Waals surface area (Å²) < 4.78 is 5.22. The van der Waals surface area contributed by atoms with E-state index >= 15 is 0 Å². The molecule has 6 aromatic rings. The summed E-state index contributed by atoms with van der Waals surface area (Å²) in [6, 6.07) is 37.0. The van der Waals surface area contributed by atoms with Crippen LogP contribution in [0.3, 0.4) is 0 Å². The molecule has 0 spiro atoms. The first-order valence-electron chi connectivity index (χ1n) is 15.7. The highest BCUT2D eigenvalue weighted by Crippen LogP contribution is 2.37. The van der Waals surface area contributed by atoms with Gasteiger partial charge in [-0.25, -0.2) is 0 Å². The van der Waals surface area contributed by atoms with Gasteiger partial charge in [0.2, 0.25) is 11.6 Å². The number of carboxylic acid groups (broad SMARTS) is 1. The van der Waals surface area contributed by atoms with Crippen LogP contribution in [0.5, 0.6) is 5.75 Å². The van der Waals surface area contributed by atoms with Crippen LogP contribution in [0.4, 0.5) is 0 Å². The van der Waals surface area contributed by atoms with Crippen molar-refractivity contribution in [1.29, 1.82) is 0 Å². The van der Waals surface area contributed by atoms with Gasteiger partial charge >= 0.3 is 5.97 Å². The van der Waals surface area contributed by atoms with Crippen molar-refractivity contribution in [2.75, 3.05) is 7.11 Å². The van der Waals surface area contributed by atoms with Gasteiger partial charge in [-0.05, 0) is 72.5 Å². The second kappa shape index (κ2) is 16.2. The smallest absolute Gasteiger partial charge is 0.307 e. The molecule has 0 fully saturated rings. The van der Waals surface area contributed by atoms with E-state index in [1.54, 1.807) is 63.4 Å². The van der Waals surface area contributed by atoms with Gasteiger partial charge in [-0.3, -0.25) is 14.4 Å². The van der Waals surface area contributed by atoms with Crippen LogP contribution in [-0.4, -0.2) is 40.5 Å². The number of hydrogen-bond donors (Lipinski definition) is 2. The molecule has 0 atom stereocenters. The first-order valence-corrected chi connectivity index (χ1v) is 17.7. The number of methoxy groups -OCH3 is 1. The lowest BCUT2D eigenvalue weighted by atomic mass is 9.96. The Bertz CT molecular complexity index is 2110. The third kappa shape index (κ3) is 9.43. The molecule has 0 unspecified atom stereocenters. The molecule has 0 amide bonds. The maximum Gasteiger partial charge on any atom is 0.307 e. The average molecular weight is 723 g/mol. The van der Waals surface area contributed by atoms with E-state index in [2.05, 4.69) is 0 Å². The maximum absolute atomic E-state index is 13.0. The monoisotopic (exact) mass is 722 g/mol. The molecule has 2 heterocycles. The summed E-state index contributed by atoms with van der Waals surface area (Å²) in [6.45, 7) is 3.56. The van der Waals surface area contributed by atoms with Gasteiger partial charge < -0.3 is 14.9 Å². The largest absolute Gasteiger partial charge is 0.497 e. The van der Waals surface area contributed by atoms with Crippen molar-refractivity contribution in [2.24, 2.45) is 0 Å². The van der Waals surface area contributed by atoms with Gasteiger partial charge in [-0.1, -0.05) is 96.5 Å². The average Bonchev–Trinajstić information content (AvgIpc) is 3.72. The molecule has 4 aromatic carbocycles. The Labute approximate surface area is 304 Å². The molecule has 2 N–H and O–H groups in total. The number of carboxylic acids is 1. The zero-order valence-electron chi connectivity index (χ0n) is 27.7. The van der Waals surface area contributed by atoms with Gasteiger partial charge in [-0.15, -0.1) is 22.7 Å². The SMILES string of the molecule is COc1cccc(C(=O)c2cc(CC(C)(C)O)c(-c3ccccc3)s2)c1.O=C(O)Cc1cc(C(=O)c2cccc(Cl)c2)sc1-c1ccccc1. The van der Waals surface area contributed by atoms with Gasteiger partial charge in [-0.2, -0.15) is 0 Å². The van der Waals surface area contributed by atoms with Crippen molar-refractivity contribution in [2.45, 2.75) is 32.3 Å². The summed E-state index contributed by atoms with van der Waals surface area (Å²) >= 11 is 8.73. The molecule has 0 saturated carbocycles. The third-order valence-electron chi connectivity index (χ3n) is 7.52. The van der Waals surface area contributed by atoms with Crippen molar-refractivity contribution in [3.63, 3.8) is 0 Å². The fourth-order valence-electron chi connectivity index (χ4n) is 5.32. The number of ether oxygens (including phenoxy) is 1. The quantitative estimate of drug-likeness (QED) is 0.129. The van der Waals surface area contributed by atoms with E-state index in [4.69, 9.17) is 21.4 Å². The molecule has 0 saturated heterocycles. The minimum absolute atomic E-state index is 0.0342. The maximum atomic E-state index is 13.0. The Morgan fingerprint density at radius 1 is 0.680 bits per heavy atom. The Morgan fingerprint density at radius 2 is 1.18 bits per heavy atom. The molecule has 0 aliphatic rings. The van der Waals surface area contributed by atoms with E-state index in [9.17, 15) is 19.5 Å². The zero-order valence-corrected chi connectivity index (χ0v) is 30.1. The predicted molar refractivity (Wildman–Crippen MR) is 202 cm³/mol.